The lowest BCUT2D eigenvalue weighted by Crippen LogP contribution is -2.26. The SMILES string of the molecule is CS(C)(=O)=NC(=O)CC1CCCC1N. The van der Waals surface area contributed by atoms with Crippen molar-refractivity contribution in [2.24, 2.45) is 16.0 Å². The zero-order valence-corrected chi connectivity index (χ0v) is 9.55. The summed E-state index contributed by atoms with van der Waals surface area (Å²) in [6.45, 7) is 0. The molecule has 0 bridgehead atoms. The van der Waals surface area contributed by atoms with Gasteiger partial charge in [-0.05, 0) is 18.8 Å². The second kappa shape index (κ2) is 4.40. The van der Waals surface area contributed by atoms with Gasteiger partial charge in [0.05, 0.1) is 0 Å². The Hall–Kier alpha value is -0.420. The molecule has 0 aromatic rings. The summed E-state index contributed by atoms with van der Waals surface area (Å²) in [5, 5.41) is 0. The molecule has 0 aromatic heterocycles. The highest BCUT2D eigenvalue weighted by atomic mass is 32.2. The molecule has 1 aliphatic carbocycles. The third-order valence-corrected chi connectivity index (χ3v) is 3.12. The smallest absolute Gasteiger partial charge is 0.254 e. The highest BCUT2D eigenvalue weighted by molar-refractivity contribution is 7.92. The molecule has 0 heterocycles. The summed E-state index contributed by atoms with van der Waals surface area (Å²) in [7, 11) is -2.30. The molecule has 1 saturated carbocycles. The quantitative estimate of drug-likeness (QED) is 0.743. The van der Waals surface area contributed by atoms with Gasteiger partial charge in [0.15, 0.2) is 0 Å². The van der Waals surface area contributed by atoms with Crippen LogP contribution in [0, 0.1) is 5.92 Å². The van der Waals surface area contributed by atoms with E-state index in [1.807, 2.05) is 0 Å². The molecule has 5 heteroatoms. The molecule has 1 rings (SSSR count). The largest absolute Gasteiger partial charge is 0.327 e. The molecule has 0 aliphatic heterocycles. The molecule has 1 fully saturated rings. The summed E-state index contributed by atoms with van der Waals surface area (Å²) < 4.78 is 14.9. The second-order valence-corrected chi connectivity index (χ2v) is 6.77. The molecule has 4 nitrogen and oxygen atoms in total. The predicted octanol–water partition coefficient (Wildman–Crippen LogP) is 0.758. The summed E-state index contributed by atoms with van der Waals surface area (Å²) >= 11 is 0. The van der Waals surface area contributed by atoms with Crippen molar-refractivity contribution in [3.63, 3.8) is 0 Å². The van der Waals surface area contributed by atoms with E-state index in [0.717, 1.165) is 19.3 Å². The van der Waals surface area contributed by atoms with Crippen LogP contribution in [0.5, 0.6) is 0 Å². The molecular weight excluding hydrogens is 200 g/mol. The highest BCUT2D eigenvalue weighted by Crippen LogP contribution is 2.27. The predicted molar refractivity (Wildman–Crippen MR) is 57.4 cm³/mol. The van der Waals surface area contributed by atoms with Gasteiger partial charge in [0.1, 0.15) is 0 Å². The van der Waals surface area contributed by atoms with Crippen LogP contribution in [-0.2, 0) is 14.5 Å². The summed E-state index contributed by atoms with van der Waals surface area (Å²) in [5.41, 5.74) is 5.83. The maximum absolute atomic E-state index is 11.4. The van der Waals surface area contributed by atoms with Gasteiger partial charge in [-0.15, -0.1) is 0 Å². The number of carbonyl (C=O) groups excluding carboxylic acids is 1. The molecule has 2 unspecified atom stereocenters. The number of amides is 1. The van der Waals surface area contributed by atoms with Crippen LogP contribution in [0.4, 0.5) is 0 Å². The van der Waals surface area contributed by atoms with E-state index < -0.39 is 9.73 Å². The summed E-state index contributed by atoms with van der Waals surface area (Å²) in [6.07, 6.45) is 6.38. The second-order valence-electron chi connectivity index (χ2n) is 4.23. The number of hydrogen-bond donors (Lipinski definition) is 1. The van der Waals surface area contributed by atoms with Crippen LogP contribution in [0.25, 0.3) is 0 Å². The fourth-order valence-electron chi connectivity index (χ4n) is 1.83. The van der Waals surface area contributed by atoms with Crippen molar-refractivity contribution in [1.29, 1.82) is 0 Å². The van der Waals surface area contributed by atoms with E-state index >= 15 is 0 Å². The molecule has 1 amide bonds. The average molecular weight is 218 g/mol. The Balaban J connectivity index is 2.53. The Morgan fingerprint density at radius 2 is 2.14 bits per heavy atom. The molecule has 2 N–H and O–H groups in total. The number of nitrogens with zero attached hydrogens (tertiary/aromatic N) is 1. The third-order valence-electron chi connectivity index (χ3n) is 2.48. The van der Waals surface area contributed by atoms with Crippen molar-refractivity contribution < 1.29 is 9.00 Å². The van der Waals surface area contributed by atoms with Crippen molar-refractivity contribution in [3.05, 3.63) is 0 Å². The van der Waals surface area contributed by atoms with Crippen molar-refractivity contribution >= 4 is 15.6 Å². The first-order valence-electron chi connectivity index (χ1n) is 4.84. The van der Waals surface area contributed by atoms with E-state index in [2.05, 4.69) is 4.36 Å². The fraction of sp³-hybridized carbons (Fsp3) is 0.889. The Labute approximate surface area is 85.4 Å². The summed E-state index contributed by atoms with van der Waals surface area (Å²) in [6, 6.07) is 0.124. The lowest BCUT2D eigenvalue weighted by atomic mass is 10.0. The van der Waals surface area contributed by atoms with Crippen molar-refractivity contribution in [1.82, 2.24) is 0 Å². The molecule has 1 aliphatic rings. The first-order chi connectivity index (χ1) is 6.38. The average Bonchev–Trinajstić information content (AvgIpc) is 2.32. The number of carbonyl (C=O) groups is 1. The molecule has 0 saturated heterocycles. The van der Waals surface area contributed by atoms with Gasteiger partial charge >= 0.3 is 0 Å². The lowest BCUT2D eigenvalue weighted by Gasteiger charge is -2.12. The third kappa shape index (κ3) is 3.75. The molecule has 82 valence electrons. The van der Waals surface area contributed by atoms with Gasteiger partial charge in [-0.3, -0.25) is 4.79 Å². The maximum Gasteiger partial charge on any atom is 0.254 e. The molecule has 0 aromatic carbocycles. The Kier molecular flexibility index (Phi) is 3.66. The van der Waals surface area contributed by atoms with E-state index in [4.69, 9.17) is 5.73 Å². The Morgan fingerprint density at radius 3 is 2.57 bits per heavy atom. The zero-order valence-electron chi connectivity index (χ0n) is 8.73. The number of hydrogen-bond acceptors (Lipinski definition) is 3. The van der Waals surface area contributed by atoms with Gasteiger partial charge in [-0.2, -0.15) is 4.36 Å². The first kappa shape index (κ1) is 11.7. The van der Waals surface area contributed by atoms with Crippen molar-refractivity contribution in [3.8, 4) is 0 Å². The van der Waals surface area contributed by atoms with Crippen LogP contribution in [0.15, 0.2) is 4.36 Å². The first-order valence-corrected chi connectivity index (χ1v) is 7.17. The van der Waals surface area contributed by atoms with E-state index in [1.165, 1.54) is 12.5 Å². The van der Waals surface area contributed by atoms with Crippen molar-refractivity contribution in [2.75, 3.05) is 12.5 Å². The minimum Gasteiger partial charge on any atom is -0.327 e. The molecule has 0 radical (unpaired) electrons. The van der Waals surface area contributed by atoms with Crippen LogP contribution in [0.1, 0.15) is 25.7 Å². The molecule has 14 heavy (non-hydrogen) atoms. The summed E-state index contributed by atoms with van der Waals surface area (Å²) in [5.74, 6) is -0.0182. The molecule has 0 spiro atoms. The van der Waals surface area contributed by atoms with Gasteiger partial charge in [0.2, 0.25) is 0 Å². The minimum absolute atomic E-state index is 0.124. The Morgan fingerprint density at radius 1 is 1.50 bits per heavy atom. The van der Waals surface area contributed by atoms with Crippen LogP contribution >= 0.6 is 0 Å². The zero-order chi connectivity index (χ0) is 10.8. The van der Waals surface area contributed by atoms with Crippen LogP contribution < -0.4 is 5.73 Å². The van der Waals surface area contributed by atoms with Gasteiger partial charge in [0, 0.05) is 34.7 Å². The van der Waals surface area contributed by atoms with E-state index in [0.29, 0.717) is 6.42 Å². The van der Waals surface area contributed by atoms with Crippen LogP contribution in [0.2, 0.25) is 0 Å². The van der Waals surface area contributed by atoms with Gasteiger partial charge in [-0.25, -0.2) is 4.21 Å². The van der Waals surface area contributed by atoms with Gasteiger partial charge < -0.3 is 5.73 Å². The van der Waals surface area contributed by atoms with Crippen LogP contribution in [-0.4, -0.2) is 28.7 Å². The minimum atomic E-state index is -2.30. The number of rotatable bonds is 2. The monoisotopic (exact) mass is 218 g/mol. The molecular formula is C9H18N2O2S. The van der Waals surface area contributed by atoms with Crippen LogP contribution in [0.3, 0.4) is 0 Å². The van der Waals surface area contributed by atoms with Gasteiger partial charge in [-0.1, -0.05) is 6.42 Å². The lowest BCUT2D eigenvalue weighted by molar-refractivity contribution is -0.118. The van der Waals surface area contributed by atoms with Gasteiger partial charge in [0.25, 0.3) is 5.91 Å². The highest BCUT2D eigenvalue weighted by Gasteiger charge is 2.25. The normalized spacial score (nSPS) is 27.6. The maximum atomic E-state index is 11.4. The fourth-order valence-corrected chi connectivity index (χ4v) is 2.39. The van der Waals surface area contributed by atoms with E-state index in [9.17, 15) is 9.00 Å². The molecule has 2 atom stereocenters. The Bertz CT molecular complexity index is 324. The topological polar surface area (TPSA) is 72.5 Å². The standard InChI is InChI=1S/C9H18N2O2S/c1-14(2,13)11-9(12)6-7-4-3-5-8(7)10/h7-8H,3-6,10H2,1-2H3. The van der Waals surface area contributed by atoms with Crippen molar-refractivity contribution in [2.45, 2.75) is 31.7 Å². The summed E-state index contributed by atoms with van der Waals surface area (Å²) in [4.78, 5) is 11.4. The number of nitrogens with two attached hydrogens (primary N) is 1. The van der Waals surface area contributed by atoms with E-state index in [-0.39, 0.29) is 17.9 Å². The van der Waals surface area contributed by atoms with E-state index in [1.54, 1.807) is 0 Å².